The molecule has 0 saturated carbocycles. The van der Waals surface area contributed by atoms with Crippen LogP contribution in [-0.2, 0) is 21.4 Å². The van der Waals surface area contributed by atoms with Gasteiger partial charge in [0.1, 0.15) is 0 Å². The SMILES string of the molecule is Cc1ccc(S(=O)(=O)NCCC(=O)NCc2ccncc2)cc1C. The fourth-order valence-corrected chi connectivity index (χ4v) is 3.17. The fraction of sp³-hybridized carbons (Fsp3) is 0.294. The molecule has 1 aromatic heterocycles. The number of hydrogen-bond donors (Lipinski definition) is 2. The number of carbonyl (C=O) groups excluding carboxylic acids is 1. The van der Waals surface area contributed by atoms with E-state index in [2.05, 4.69) is 15.0 Å². The minimum Gasteiger partial charge on any atom is -0.352 e. The molecular formula is C17H21N3O3S. The lowest BCUT2D eigenvalue weighted by molar-refractivity contribution is -0.121. The molecule has 0 aliphatic rings. The first-order valence-electron chi connectivity index (χ1n) is 7.61. The average molecular weight is 347 g/mol. The molecule has 7 heteroatoms. The van der Waals surface area contributed by atoms with Crippen LogP contribution in [0.4, 0.5) is 0 Å². The molecule has 0 radical (unpaired) electrons. The highest BCUT2D eigenvalue weighted by Crippen LogP contribution is 2.14. The zero-order valence-corrected chi connectivity index (χ0v) is 14.6. The average Bonchev–Trinajstić information content (AvgIpc) is 2.56. The Bertz CT molecular complexity index is 805. The van der Waals surface area contributed by atoms with E-state index in [1.165, 1.54) is 0 Å². The molecule has 0 saturated heterocycles. The lowest BCUT2D eigenvalue weighted by atomic mass is 10.1. The zero-order chi connectivity index (χ0) is 17.6. The van der Waals surface area contributed by atoms with Gasteiger partial charge in [0.25, 0.3) is 0 Å². The number of carbonyl (C=O) groups is 1. The lowest BCUT2D eigenvalue weighted by Crippen LogP contribution is -2.30. The lowest BCUT2D eigenvalue weighted by Gasteiger charge is -2.09. The molecule has 6 nitrogen and oxygen atoms in total. The second-order valence-electron chi connectivity index (χ2n) is 5.53. The van der Waals surface area contributed by atoms with Crippen molar-refractivity contribution in [2.45, 2.75) is 31.7 Å². The van der Waals surface area contributed by atoms with Crippen molar-refractivity contribution in [1.82, 2.24) is 15.0 Å². The Hall–Kier alpha value is -2.25. The summed E-state index contributed by atoms with van der Waals surface area (Å²) in [6.07, 6.45) is 3.38. The Morgan fingerprint density at radius 2 is 1.79 bits per heavy atom. The maximum atomic E-state index is 12.2. The molecule has 2 rings (SSSR count). The molecule has 2 N–H and O–H groups in total. The first-order valence-corrected chi connectivity index (χ1v) is 9.09. The molecule has 0 atom stereocenters. The monoisotopic (exact) mass is 347 g/mol. The van der Waals surface area contributed by atoms with Crippen LogP contribution >= 0.6 is 0 Å². The molecule has 1 heterocycles. The summed E-state index contributed by atoms with van der Waals surface area (Å²) in [4.78, 5) is 15.9. The molecule has 2 aromatic rings. The largest absolute Gasteiger partial charge is 0.352 e. The standard InChI is InChI=1S/C17H21N3O3S/c1-13-3-4-16(11-14(13)2)24(22,23)20-10-7-17(21)19-12-15-5-8-18-9-6-15/h3-6,8-9,11,20H,7,10,12H2,1-2H3,(H,19,21). The maximum absolute atomic E-state index is 12.2. The second-order valence-corrected chi connectivity index (χ2v) is 7.29. The van der Waals surface area contributed by atoms with Crippen molar-refractivity contribution in [1.29, 1.82) is 0 Å². The summed E-state index contributed by atoms with van der Waals surface area (Å²) in [5.74, 6) is -0.213. The molecule has 0 aliphatic carbocycles. The van der Waals surface area contributed by atoms with Crippen molar-refractivity contribution in [3.05, 3.63) is 59.4 Å². The van der Waals surface area contributed by atoms with Gasteiger partial charge in [0.05, 0.1) is 4.90 Å². The summed E-state index contributed by atoms with van der Waals surface area (Å²) in [6.45, 7) is 4.23. The van der Waals surface area contributed by atoms with Gasteiger partial charge < -0.3 is 5.32 Å². The van der Waals surface area contributed by atoms with E-state index in [1.54, 1.807) is 30.6 Å². The third-order valence-corrected chi connectivity index (χ3v) is 5.13. The van der Waals surface area contributed by atoms with E-state index in [4.69, 9.17) is 0 Å². The smallest absolute Gasteiger partial charge is 0.240 e. The Kier molecular flexibility index (Phi) is 6.05. The summed E-state index contributed by atoms with van der Waals surface area (Å²) in [7, 11) is -3.60. The number of amides is 1. The van der Waals surface area contributed by atoms with Gasteiger partial charge in [-0.05, 0) is 54.8 Å². The summed E-state index contributed by atoms with van der Waals surface area (Å²) >= 11 is 0. The van der Waals surface area contributed by atoms with E-state index >= 15 is 0 Å². The second kappa shape index (κ2) is 8.03. The molecule has 0 spiro atoms. The van der Waals surface area contributed by atoms with Crippen molar-refractivity contribution in [2.24, 2.45) is 0 Å². The Morgan fingerprint density at radius 1 is 1.08 bits per heavy atom. The van der Waals surface area contributed by atoms with Crippen molar-refractivity contribution >= 4 is 15.9 Å². The highest BCUT2D eigenvalue weighted by molar-refractivity contribution is 7.89. The number of rotatable bonds is 7. The predicted molar refractivity (Wildman–Crippen MR) is 91.8 cm³/mol. The number of aromatic nitrogens is 1. The van der Waals surface area contributed by atoms with Gasteiger partial charge in [-0.1, -0.05) is 6.07 Å². The maximum Gasteiger partial charge on any atom is 0.240 e. The summed E-state index contributed by atoms with van der Waals surface area (Å²) < 4.78 is 26.9. The van der Waals surface area contributed by atoms with Crippen LogP contribution < -0.4 is 10.0 Å². The Balaban J connectivity index is 1.82. The van der Waals surface area contributed by atoms with Gasteiger partial charge in [0.2, 0.25) is 15.9 Å². The Morgan fingerprint density at radius 3 is 2.46 bits per heavy atom. The number of benzene rings is 1. The van der Waals surface area contributed by atoms with Crippen molar-refractivity contribution in [2.75, 3.05) is 6.54 Å². The van der Waals surface area contributed by atoms with Gasteiger partial charge in [-0.25, -0.2) is 13.1 Å². The van der Waals surface area contributed by atoms with Gasteiger partial charge in [-0.3, -0.25) is 9.78 Å². The first kappa shape index (κ1) is 18.1. The zero-order valence-electron chi connectivity index (χ0n) is 13.7. The predicted octanol–water partition coefficient (Wildman–Crippen LogP) is 1.68. The van der Waals surface area contributed by atoms with Gasteiger partial charge in [-0.15, -0.1) is 0 Å². The van der Waals surface area contributed by atoms with E-state index in [0.29, 0.717) is 6.54 Å². The van der Waals surface area contributed by atoms with Crippen LogP contribution in [-0.4, -0.2) is 25.9 Å². The molecule has 128 valence electrons. The summed E-state index contributed by atoms with van der Waals surface area (Å²) in [6, 6.07) is 8.58. The van der Waals surface area contributed by atoms with Crippen LogP contribution in [0.25, 0.3) is 0 Å². The quantitative estimate of drug-likeness (QED) is 0.798. The molecular weight excluding hydrogens is 326 g/mol. The minimum absolute atomic E-state index is 0.0530. The summed E-state index contributed by atoms with van der Waals surface area (Å²) in [5.41, 5.74) is 2.88. The van der Waals surface area contributed by atoms with E-state index in [1.807, 2.05) is 26.0 Å². The highest BCUT2D eigenvalue weighted by atomic mass is 32.2. The molecule has 1 amide bonds. The van der Waals surface area contributed by atoms with Crippen molar-refractivity contribution in [3.8, 4) is 0 Å². The molecule has 0 bridgehead atoms. The van der Waals surface area contributed by atoms with Crippen LogP contribution in [0, 0.1) is 13.8 Å². The van der Waals surface area contributed by atoms with Gasteiger partial charge >= 0.3 is 0 Å². The van der Waals surface area contributed by atoms with Crippen LogP contribution in [0.3, 0.4) is 0 Å². The molecule has 24 heavy (non-hydrogen) atoms. The normalized spacial score (nSPS) is 11.2. The topological polar surface area (TPSA) is 88.2 Å². The van der Waals surface area contributed by atoms with Crippen LogP contribution in [0.5, 0.6) is 0 Å². The van der Waals surface area contributed by atoms with Crippen LogP contribution in [0.1, 0.15) is 23.1 Å². The van der Waals surface area contributed by atoms with Crippen molar-refractivity contribution < 1.29 is 13.2 Å². The third kappa shape index (κ3) is 5.14. The molecule has 0 aliphatic heterocycles. The minimum atomic E-state index is -3.60. The van der Waals surface area contributed by atoms with Gasteiger partial charge in [0.15, 0.2) is 0 Å². The van der Waals surface area contributed by atoms with E-state index < -0.39 is 10.0 Å². The number of nitrogens with one attached hydrogen (secondary N) is 2. The summed E-state index contributed by atoms with van der Waals surface area (Å²) in [5, 5.41) is 2.74. The molecule has 1 aromatic carbocycles. The fourth-order valence-electron chi connectivity index (χ4n) is 2.05. The van der Waals surface area contributed by atoms with E-state index in [0.717, 1.165) is 16.7 Å². The van der Waals surface area contributed by atoms with Gasteiger partial charge in [0, 0.05) is 31.9 Å². The number of aryl methyl sites for hydroxylation is 2. The number of sulfonamides is 1. The number of nitrogens with zero attached hydrogens (tertiary/aromatic N) is 1. The van der Waals surface area contributed by atoms with E-state index in [-0.39, 0.29) is 23.8 Å². The number of pyridine rings is 1. The Labute approximate surface area is 142 Å². The molecule has 0 unspecified atom stereocenters. The van der Waals surface area contributed by atoms with Crippen LogP contribution in [0.2, 0.25) is 0 Å². The third-order valence-electron chi connectivity index (χ3n) is 3.67. The van der Waals surface area contributed by atoms with Crippen molar-refractivity contribution in [3.63, 3.8) is 0 Å². The first-order chi connectivity index (χ1) is 11.4. The van der Waals surface area contributed by atoms with E-state index in [9.17, 15) is 13.2 Å². The number of hydrogen-bond acceptors (Lipinski definition) is 4. The van der Waals surface area contributed by atoms with Crippen LogP contribution in [0.15, 0.2) is 47.6 Å². The molecule has 0 fully saturated rings. The van der Waals surface area contributed by atoms with Gasteiger partial charge in [-0.2, -0.15) is 0 Å². The highest BCUT2D eigenvalue weighted by Gasteiger charge is 2.14.